The molecule has 0 N–H and O–H groups in total. The number of hydrogen-bond donors (Lipinski definition) is 0. The molecule has 3 fully saturated rings. The van der Waals surface area contributed by atoms with E-state index < -0.39 is 0 Å². The number of likely N-dealkylation sites (tertiary alicyclic amines) is 1. The summed E-state index contributed by atoms with van der Waals surface area (Å²) in [6.07, 6.45) is 7.80. The zero-order valence-electron chi connectivity index (χ0n) is 15.4. The molecule has 138 valence electrons. The highest BCUT2D eigenvalue weighted by atomic mass is 16.5. The van der Waals surface area contributed by atoms with Crippen molar-refractivity contribution in [3.05, 3.63) is 0 Å². The molecule has 24 heavy (non-hydrogen) atoms. The first-order valence-corrected chi connectivity index (χ1v) is 10.1. The minimum atomic E-state index is 0.384. The summed E-state index contributed by atoms with van der Waals surface area (Å²) in [5, 5.41) is 0. The number of hydrogen-bond acceptors (Lipinski definition) is 4. The first-order valence-electron chi connectivity index (χ1n) is 10.1. The van der Waals surface area contributed by atoms with Gasteiger partial charge in [0.05, 0.1) is 13.2 Å². The summed E-state index contributed by atoms with van der Waals surface area (Å²) in [5.74, 6) is 1.17. The van der Waals surface area contributed by atoms with Crippen molar-refractivity contribution in [3.63, 3.8) is 0 Å². The van der Waals surface area contributed by atoms with Gasteiger partial charge in [0.25, 0.3) is 0 Å². The van der Waals surface area contributed by atoms with Crippen LogP contribution in [0, 0.1) is 5.92 Å². The third-order valence-corrected chi connectivity index (χ3v) is 6.14. The molecule has 2 atom stereocenters. The Balaban J connectivity index is 1.42. The normalized spacial score (nSPS) is 29.5. The fraction of sp³-hybridized carbons (Fsp3) is 0.947. The summed E-state index contributed by atoms with van der Waals surface area (Å²) in [6, 6.07) is 0.549. The van der Waals surface area contributed by atoms with E-state index in [1.807, 2.05) is 6.92 Å². The minimum absolute atomic E-state index is 0.384. The number of fused-ring (bicyclic) bond motifs is 1. The quantitative estimate of drug-likeness (QED) is 0.693. The summed E-state index contributed by atoms with van der Waals surface area (Å²) < 4.78 is 5.44. The van der Waals surface area contributed by atoms with Crippen molar-refractivity contribution in [2.75, 3.05) is 59.0 Å². The molecule has 0 bridgehead atoms. The second-order valence-corrected chi connectivity index (χ2v) is 7.66. The van der Waals surface area contributed by atoms with Gasteiger partial charge in [0.2, 0.25) is 5.91 Å². The maximum absolute atomic E-state index is 12.9. The number of carbonyl (C=O) groups excluding carboxylic acids is 1. The first-order chi connectivity index (χ1) is 11.8. The number of nitrogens with zero attached hydrogens (tertiary/aromatic N) is 3. The molecule has 0 spiro atoms. The van der Waals surface area contributed by atoms with Crippen molar-refractivity contribution < 1.29 is 9.53 Å². The molecule has 2 heterocycles. The van der Waals surface area contributed by atoms with E-state index in [1.165, 1.54) is 38.5 Å². The van der Waals surface area contributed by atoms with Crippen molar-refractivity contribution in [3.8, 4) is 0 Å². The maximum atomic E-state index is 12.9. The zero-order chi connectivity index (χ0) is 16.8. The molecule has 2 saturated heterocycles. The van der Waals surface area contributed by atoms with Crippen LogP contribution < -0.4 is 0 Å². The molecule has 3 aliphatic rings. The summed E-state index contributed by atoms with van der Waals surface area (Å²) >= 11 is 0. The van der Waals surface area contributed by atoms with Gasteiger partial charge in [0.1, 0.15) is 0 Å². The Morgan fingerprint density at radius 3 is 2.46 bits per heavy atom. The Kier molecular flexibility index (Phi) is 6.93. The summed E-state index contributed by atoms with van der Waals surface area (Å²) in [4.78, 5) is 19.9. The SMILES string of the molecule is CCOCCN1CCN(CC(=O)N2CCC[C@@H]3CCCC[C@@H]32)CC1. The van der Waals surface area contributed by atoms with Gasteiger partial charge in [0, 0.05) is 51.9 Å². The van der Waals surface area contributed by atoms with E-state index in [0.717, 1.165) is 58.4 Å². The smallest absolute Gasteiger partial charge is 0.237 e. The molecule has 2 aliphatic heterocycles. The van der Waals surface area contributed by atoms with E-state index in [4.69, 9.17) is 4.74 Å². The molecule has 0 aromatic heterocycles. The lowest BCUT2D eigenvalue weighted by Gasteiger charge is -2.45. The molecule has 1 amide bonds. The molecule has 3 rings (SSSR count). The van der Waals surface area contributed by atoms with Crippen LogP contribution in [0.25, 0.3) is 0 Å². The Bertz CT molecular complexity index is 394. The van der Waals surface area contributed by atoms with E-state index in [-0.39, 0.29) is 0 Å². The van der Waals surface area contributed by atoms with Crippen LogP contribution in [0.15, 0.2) is 0 Å². The number of ether oxygens (including phenoxy) is 1. The van der Waals surface area contributed by atoms with Crippen molar-refractivity contribution >= 4 is 5.91 Å². The highest BCUT2D eigenvalue weighted by Gasteiger charge is 2.36. The van der Waals surface area contributed by atoms with E-state index in [1.54, 1.807) is 0 Å². The lowest BCUT2D eigenvalue weighted by molar-refractivity contribution is -0.139. The second-order valence-electron chi connectivity index (χ2n) is 7.66. The van der Waals surface area contributed by atoms with Gasteiger partial charge in [-0.25, -0.2) is 0 Å². The summed E-state index contributed by atoms with van der Waals surface area (Å²) in [7, 11) is 0. The summed E-state index contributed by atoms with van der Waals surface area (Å²) in [5.41, 5.74) is 0. The Labute approximate surface area is 147 Å². The molecular weight excluding hydrogens is 302 g/mol. The van der Waals surface area contributed by atoms with E-state index >= 15 is 0 Å². The van der Waals surface area contributed by atoms with E-state index in [9.17, 15) is 4.79 Å². The number of rotatable bonds is 6. The molecule has 0 aromatic rings. The van der Waals surface area contributed by atoms with Crippen LogP contribution in [0.4, 0.5) is 0 Å². The van der Waals surface area contributed by atoms with Gasteiger partial charge in [-0.05, 0) is 38.5 Å². The molecular formula is C19H35N3O2. The molecule has 5 nitrogen and oxygen atoms in total. The fourth-order valence-corrected chi connectivity index (χ4v) is 4.73. The highest BCUT2D eigenvalue weighted by molar-refractivity contribution is 5.78. The second kappa shape index (κ2) is 9.16. The monoisotopic (exact) mass is 337 g/mol. The highest BCUT2D eigenvalue weighted by Crippen LogP contribution is 2.35. The topological polar surface area (TPSA) is 36.0 Å². The Morgan fingerprint density at radius 1 is 0.958 bits per heavy atom. The molecule has 0 unspecified atom stereocenters. The predicted molar refractivity (Wildman–Crippen MR) is 96.1 cm³/mol. The molecule has 1 aliphatic carbocycles. The third kappa shape index (κ3) is 4.70. The molecule has 0 aromatic carbocycles. The van der Waals surface area contributed by atoms with Gasteiger partial charge in [-0.2, -0.15) is 0 Å². The van der Waals surface area contributed by atoms with Crippen LogP contribution in [-0.2, 0) is 9.53 Å². The van der Waals surface area contributed by atoms with Crippen molar-refractivity contribution in [1.82, 2.24) is 14.7 Å². The maximum Gasteiger partial charge on any atom is 0.237 e. The van der Waals surface area contributed by atoms with Crippen LogP contribution >= 0.6 is 0 Å². The Hall–Kier alpha value is -0.650. The third-order valence-electron chi connectivity index (χ3n) is 6.14. The van der Waals surface area contributed by atoms with Crippen molar-refractivity contribution in [2.45, 2.75) is 51.5 Å². The molecule has 0 radical (unpaired) electrons. The van der Waals surface area contributed by atoms with Gasteiger partial charge in [0.15, 0.2) is 0 Å². The van der Waals surface area contributed by atoms with Crippen LogP contribution in [0.5, 0.6) is 0 Å². The van der Waals surface area contributed by atoms with Crippen LogP contribution in [0.3, 0.4) is 0 Å². The average Bonchev–Trinajstić information content (AvgIpc) is 2.63. The fourth-order valence-electron chi connectivity index (χ4n) is 4.73. The zero-order valence-corrected chi connectivity index (χ0v) is 15.4. The standard InChI is InChI=1S/C19H35N3O2/c1-2-24-15-14-20-10-12-21(13-11-20)16-19(23)22-9-5-7-17-6-3-4-8-18(17)22/h17-18H,2-16H2,1H3/t17-,18-/m0/s1. The van der Waals surface area contributed by atoms with Crippen molar-refractivity contribution in [2.24, 2.45) is 5.92 Å². The predicted octanol–water partition coefficient (Wildman–Crippen LogP) is 1.82. The number of piperidine rings is 1. The van der Waals surface area contributed by atoms with Gasteiger partial charge in [-0.15, -0.1) is 0 Å². The van der Waals surface area contributed by atoms with Crippen LogP contribution in [-0.4, -0.2) is 85.7 Å². The van der Waals surface area contributed by atoms with Gasteiger partial charge in [-0.3, -0.25) is 14.6 Å². The molecule has 5 heteroatoms. The summed E-state index contributed by atoms with van der Waals surface area (Å²) in [6.45, 7) is 10.5. The van der Waals surface area contributed by atoms with Gasteiger partial charge < -0.3 is 9.64 Å². The van der Waals surface area contributed by atoms with Gasteiger partial charge >= 0.3 is 0 Å². The van der Waals surface area contributed by atoms with Crippen molar-refractivity contribution in [1.29, 1.82) is 0 Å². The van der Waals surface area contributed by atoms with Crippen LogP contribution in [0.1, 0.15) is 45.4 Å². The van der Waals surface area contributed by atoms with E-state index in [0.29, 0.717) is 18.5 Å². The van der Waals surface area contributed by atoms with Crippen LogP contribution in [0.2, 0.25) is 0 Å². The molecule has 1 saturated carbocycles. The van der Waals surface area contributed by atoms with E-state index in [2.05, 4.69) is 14.7 Å². The number of piperazine rings is 1. The van der Waals surface area contributed by atoms with Gasteiger partial charge in [-0.1, -0.05) is 12.8 Å². The number of amides is 1. The lowest BCUT2D eigenvalue weighted by Crippen LogP contribution is -2.55. The number of carbonyl (C=O) groups is 1. The lowest BCUT2D eigenvalue weighted by atomic mass is 9.78. The Morgan fingerprint density at radius 2 is 1.67 bits per heavy atom. The first kappa shape index (κ1) is 18.2. The average molecular weight is 338 g/mol. The minimum Gasteiger partial charge on any atom is -0.380 e. The largest absolute Gasteiger partial charge is 0.380 e.